The molecular weight excluding hydrogens is 490 g/mol. The number of nitrogens with zero attached hydrogens (tertiary/aromatic N) is 1. The van der Waals surface area contributed by atoms with Crippen molar-refractivity contribution in [3.05, 3.63) is 40.9 Å². The molecule has 3 amide bonds. The molecule has 1 aromatic rings. The molecule has 3 aliphatic heterocycles. The minimum atomic E-state index is -1.11. The highest BCUT2D eigenvalue weighted by Gasteiger charge is 2.73. The lowest BCUT2D eigenvalue weighted by Crippen LogP contribution is -2.58. The van der Waals surface area contributed by atoms with Gasteiger partial charge in [-0.2, -0.15) is 0 Å². The van der Waals surface area contributed by atoms with Gasteiger partial charge >= 0.3 is 0 Å². The number of aryl methyl sites for hydroxylation is 1. The van der Waals surface area contributed by atoms with Crippen molar-refractivity contribution in [2.75, 3.05) is 5.32 Å². The average Bonchev–Trinajstić information content (AvgIpc) is 3.54. The summed E-state index contributed by atoms with van der Waals surface area (Å²) in [7, 11) is 0. The number of carbonyl (C=O) groups is 3. The standard InChI is InChI=1S/C29H36ClN3O4/c1-17-12-13-19(16-21(17)30)32-26(34)23-22-14-15-29(37-22)24(23)28(36)33(20-10-6-3-7-11-20)25(29)27(35)31-18-8-4-2-5-9-18/h12-16,18,20,22-25H,2-11H2,1H3,(H,31,35)(H,32,34)/t22-,23+,24-,25+,29-/m0/s1. The third-order valence-electron chi connectivity index (χ3n) is 9.22. The summed E-state index contributed by atoms with van der Waals surface area (Å²) in [4.78, 5) is 43.6. The van der Waals surface area contributed by atoms with Crippen molar-refractivity contribution >= 4 is 35.0 Å². The van der Waals surface area contributed by atoms with E-state index in [1.807, 2.05) is 36.1 Å². The first kappa shape index (κ1) is 24.9. The van der Waals surface area contributed by atoms with Gasteiger partial charge in [0.2, 0.25) is 17.7 Å². The van der Waals surface area contributed by atoms with E-state index in [4.69, 9.17) is 16.3 Å². The van der Waals surface area contributed by atoms with Gasteiger partial charge in [-0.05, 0) is 50.3 Å². The van der Waals surface area contributed by atoms with Crippen molar-refractivity contribution in [1.82, 2.24) is 10.2 Å². The van der Waals surface area contributed by atoms with Crippen LogP contribution >= 0.6 is 11.6 Å². The molecule has 2 bridgehead atoms. The van der Waals surface area contributed by atoms with E-state index in [-0.39, 0.29) is 29.8 Å². The third kappa shape index (κ3) is 4.19. The van der Waals surface area contributed by atoms with Gasteiger partial charge in [0.05, 0.1) is 17.9 Å². The molecule has 0 unspecified atom stereocenters. The highest BCUT2D eigenvalue weighted by atomic mass is 35.5. The van der Waals surface area contributed by atoms with E-state index in [0.717, 1.165) is 63.4 Å². The summed E-state index contributed by atoms with van der Waals surface area (Å²) < 4.78 is 6.49. The second kappa shape index (κ2) is 9.73. The maximum absolute atomic E-state index is 14.2. The molecule has 1 spiro atoms. The van der Waals surface area contributed by atoms with Crippen LogP contribution < -0.4 is 10.6 Å². The van der Waals surface area contributed by atoms with Crippen LogP contribution in [0.25, 0.3) is 0 Å². The molecule has 5 aliphatic rings. The van der Waals surface area contributed by atoms with Gasteiger partial charge in [-0.1, -0.05) is 68.3 Å². The largest absolute Gasteiger partial charge is 0.359 e. The summed E-state index contributed by atoms with van der Waals surface area (Å²) in [5.41, 5.74) is 0.401. The first-order valence-electron chi connectivity index (χ1n) is 14.0. The third-order valence-corrected chi connectivity index (χ3v) is 9.63. The lowest BCUT2D eigenvalue weighted by molar-refractivity contribution is -0.144. The molecule has 37 heavy (non-hydrogen) atoms. The molecule has 198 valence electrons. The van der Waals surface area contributed by atoms with E-state index in [1.54, 1.807) is 6.07 Å². The number of halogens is 1. The van der Waals surface area contributed by atoms with Crippen molar-refractivity contribution in [2.24, 2.45) is 11.8 Å². The summed E-state index contributed by atoms with van der Waals surface area (Å²) in [6, 6.07) is 4.77. The van der Waals surface area contributed by atoms with Gasteiger partial charge in [0, 0.05) is 22.8 Å². The summed E-state index contributed by atoms with van der Waals surface area (Å²) in [6.07, 6.45) is 13.6. The van der Waals surface area contributed by atoms with Crippen LogP contribution in [0.15, 0.2) is 30.4 Å². The van der Waals surface area contributed by atoms with Gasteiger partial charge in [-0.15, -0.1) is 0 Å². The number of fused-ring (bicyclic) bond motifs is 1. The Morgan fingerprint density at radius 3 is 2.43 bits per heavy atom. The van der Waals surface area contributed by atoms with Crippen LogP contribution in [0.1, 0.15) is 69.8 Å². The zero-order valence-corrected chi connectivity index (χ0v) is 22.1. The number of likely N-dealkylation sites (tertiary alicyclic amines) is 1. The quantitative estimate of drug-likeness (QED) is 0.553. The minimum absolute atomic E-state index is 0.000928. The molecule has 2 aliphatic carbocycles. The normalized spacial score (nSPS) is 33.6. The Kier molecular flexibility index (Phi) is 6.56. The molecule has 5 atom stereocenters. The Hall–Kier alpha value is -2.38. The van der Waals surface area contributed by atoms with Crippen molar-refractivity contribution in [3.63, 3.8) is 0 Å². The van der Waals surface area contributed by atoms with E-state index >= 15 is 0 Å². The van der Waals surface area contributed by atoms with Gasteiger partial charge < -0.3 is 20.3 Å². The Labute approximate surface area is 223 Å². The fraction of sp³-hybridized carbons (Fsp3) is 0.621. The number of carbonyl (C=O) groups excluding carboxylic acids is 3. The van der Waals surface area contributed by atoms with E-state index in [0.29, 0.717) is 10.7 Å². The zero-order chi connectivity index (χ0) is 25.7. The number of anilines is 1. The number of hydrogen-bond acceptors (Lipinski definition) is 4. The predicted octanol–water partition coefficient (Wildman–Crippen LogP) is 4.52. The summed E-state index contributed by atoms with van der Waals surface area (Å²) in [6.45, 7) is 1.90. The van der Waals surface area contributed by atoms with Gasteiger partial charge in [-0.3, -0.25) is 14.4 Å². The highest BCUT2D eigenvalue weighted by Crippen LogP contribution is 2.56. The minimum Gasteiger partial charge on any atom is -0.359 e. The van der Waals surface area contributed by atoms with Crippen LogP contribution in [0.4, 0.5) is 5.69 Å². The second-order valence-corrected chi connectivity index (χ2v) is 11.9. The van der Waals surface area contributed by atoms with Gasteiger partial charge in [-0.25, -0.2) is 0 Å². The fourth-order valence-electron chi connectivity index (χ4n) is 7.38. The molecule has 1 aromatic carbocycles. The topological polar surface area (TPSA) is 87.7 Å². The molecule has 4 fully saturated rings. The van der Waals surface area contributed by atoms with Crippen LogP contribution in [0.5, 0.6) is 0 Å². The molecule has 6 rings (SSSR count). The van der Waals surface area contributed by atoms with E-state index in [1.165, 1.54) is 6.42 Å². The first-order valence-corrected chi connectivity index (χ1v) is 14.3. The summed E-state index contributed by atoms with van der Waals surface area (Å²) in [5, 5.41) is 6.80. The van der Waals surface area contributed by atoms with E-state index < -0.39 is 29.6 Å². The maximum atomic E-state index is 14.2. The van der Waals surface area contributed by atoms with Gasteiger partial charge in [0.1, 0.15) is 11.6 Å². The molecule has 2 saturated carbocycles. The van der Waals surface area contributed by atoms with Gasteiger partial charge in [0.15, 0.2) is 0 Å². The number of rotatable bonds is 5. The maximum Gasteiger partial charge on any atom is 0.246 e. The highest BCUT2D eigenvalue weighted by molar-refractivity contribution is 6.31. The van der Waals surface area contributed by atoms with Crippen LogP contribution in [0.3, 0.4) is 0 Å². The summed E-state index contributed by atoms with van der Waals surface area (Å²) in [5.74, 6) is -1.94. The van der Waals surface area contributed by atoms with Crippen molar-refractivity contribution in [2.45, 2.75) is 101 Å². The monoisotopic (exact) mass is 525 g/mol. The molecule has 7 nitrogen and oxygen atoms in total. The van der Waals surface area contributed by atoms with E-state index in [2.05, 4.69) is 10.6 Å². The van der Waals surface area contributed by atoms with Crippen LogP contribution in [-0.4, -0.2) is 52.5 Å². The second-order valence-electron chi connectivity index (χ2n) is 11.5. The van der Waals surface area contributed by atoms with Crippen LogP contribution in [0, 0.1) is 18.8 Å². The SMILES string of the molecule is Cc1ccc(NC(=O)[C@@H]2[C@@H]3C=C[C@]4(O3)[C@@H]2C(=O)N(C2CCCCC2)[C@@H]4C(=O)NC2CCCCC2)cc1Cl. The summed E-state index contributed by atoms with van der Waals surface area (Å²) >= 11 is 6.28. The van der Waals surface area contributed by atoms with Crippen LogP contribution in [0.2, 0.25) is 5.02 Å². The Balaban J connectivity index is 1.31. The average molecular weight is 526 g/mol. The number of ether oxygens (including phenoxy) is 1. The molecule has 2 N–H and O–H groups in total. The molecule has 2 saturated heterocycles. The first-order chi connectivity index (χ1) is 17.9. The Morgan fingerprint density at radius 2 is 1.73 bits per heavy atom. The molecule has 3 heterocycles. The Bertz CT molecular complexity index is 1130. The zero-order valence-electron chi connectivity index (χ0n) is 21.4. The smallest absolute Gasteiger partial charge is 0.246 e. The van der Waals surface area contributed by atoms with Gasteiger partial charge in [0.25, 0.3) is 0 Å². The van der Waals surface area contributed by atoms with Crippen LogP contribution in [-0.2, 0) is 19.1 Å². The number of benzene rings is 1. The fourth-order valence-corrected chi connectivity index (χ4v) is 7.56. The van der Waals surface area contributed by atoms with Crippen molar-refractivity contribution < 1.29 is 19.1 Å². The number of nitrogens with one attached hydrogen (secondary N) is 2. The lowest BCUT2D eigenvalue weighted by atomic mass is 9.74. The Morgan fingerprint density at radius 1 is 1.03 bits per heavy atom. The van der Waals surface area contributed by atoms with Crippen molar-refractivity contribution in [3.8, 4) is 0 Å². The van der Waals surface area contributed by atoms with E-state index in [9.17, 15) is 14.4 Å². The lowest BCUT2D eigenvalue weighted by Gasteiger charge is -2.39. The molecular formula is C29H36ClN3O4. The predicted molar refractivity (Wildman–Crippen MR) is 141 cm³/mol. The number of amides is 3. The molecule has 8 heteroatoms. The molecule has 0 radical (unpaired) electrons. The molecule has 0 aromatic heterocycles. The number of hydrogen-bond donors (Lipinski definition) is 2. The van der Waals surface area contributed by atoms with Crippen molar-refractivity contribution in [1.29, 1.82) is 0 Å².